The van der Waals surface area contributed by atoms with Gasteiger partial charge in [0.2, 0.25) is 5.91 Å². The van der Waals surface area contributed by atoms with Crippen molar-refractivity contribution in [2.45, 2.75) is 13.8 Å². The molecule has 172 valence electrons. The van der Waals surface area contributed by atoms with Crippen molar-refractivity contribution >= 4 is 40.4 Å². The lowest BCUT2D eigenvalue weighted by molar-refractivity contribution is -0.120. The van der Waals surface area contributed by atoms with E-state index in [1.807, 2.05) is 6.92 Å². The minimum Gasteiger partial charge on any atom is -0.494 e. The van der Waals surface area contributed by atoms with Crippen LogP contribution in [0.5, 0.6) is 5.75 Å². The van der Waals surface area contributed by atoms with Crippen molar-refractivity contribution in [1.29, 1.82) is 0 Å². The van der Waals surface area contributed by atoms with E-state index < -0.39 is 17.6 Å². The van der Waals surface area contributed by atoms with Gasteiger partial charge in [-0.25, -0.2) is 9.29 Å². The zero-order valence-electron chi connectivity index (χ0n) is 18.6. The Kier molecular flexibility index (Phi) is 6.40. The summed E-state index contributed by atoms with van der Waals surface area (Å²) in [5.74, 6) is -1.18. The van der Waals surface area contributed by atoms with Crippen LogP contribution in [0, 0.1) is 5.82 Å². The fraction of sp³-hybridized carbons (Fsp3) is 0.115. The van der Waals surface area contributed by atoms with E-state index in [1.165, 1.54) is 31.2 Å². The van der Waals surface area contributed by atoms with Crippen LogP contribution in [0.15, 0.2) is 78.5 Å². The minimum atomic E-state index is -0.557. The molecule has 8 heteroatoms. The SMILES string of the molecule is CCOc1cccc(NC2=C(c3ccc(F)cc3)C(=O)N(c3ccc(NC(C)=O)cc3)C2=O)c1. The first-order valence-electron chi connectivity index (χ1n) is 10.6. The third-order valence-corrected chi connectivity index (χ3v) is 5.08. The Morgan fingerprint density at radius 2 is 1.65 bits per heavy atom. The number of carbonyl (C=O) groups is 3. The number of benzene rings is 3. The van der Waals surface area contributed by atoms with Gasteiger partial charge in [0, 0.05) is 24.4 Å². The summed E-state index contributed by atoms with van der Waals surface area (Å²) in [6.45, 7) is 3.73. The van der Waals surface area contributed by atoms with Crippen LogP contribution < -0.4 is 20.3 Å². The van der Waals surface area contributed by atoms with Crippen LogP contribution in [0.25, 0.3) is 5.57 Å². The minimum absolute atomic E-state index is 0.0659. The molecule has 0 saturated carbocycles. The molecule has 1 aliphatic heterocycles. The van der Waals surface area contributed by atoms with Gasteiger partial charge in [-0.05, 0) is 61.0 Å². The average Bonchev–Trinajstić information content (AvgIpc) is 3.04. The molecule has 0 bridgehead atoms. The van der Waals surface area contributed by atoms with E-state index in [0.29, 0.717) is 35.0 Å². The Balaban J connectivity index is 1.74. The smallest absolute Gasteiger partial charge is 0.282 e. The summed E-state index contributed by atoms with van der Waals surface area (Å²) in [7, 11) is 0. The molecule has 0 radical (unpaired) electrons. The highest BCUT2D eigenvalue weighted by atomic mass is 19.1. The number of nitrogens with one attached hydrogen (secondary N) is 2. The standard InChI is InChI=1S/C26H22FN3O4/c1-3-34-22-6-4-5-20(15-22)29-24-23(17-7-9-18(27)10-8-17)25(32)30(26(24)33)21-13-11-19(12-14-21)28-16(2)31/h4-15,29H,3H2,1-2H3,(H,28,31). The Hall–Kier alpha value is -4.46. The van der Waals surface area contributed by atoms with Gasteiger partial charge in [0.05, 0.1) is 17.9 Å². The first-order valence-corrected chi connectivity index (χ1v) is 10.6. The molecule has 0 aromatic heterocycles. The van der Waals surface area contributed by atoms with Gasteiger partial charge in [-0.3, -0.25) is 14.4 Å². The highest BCUT2D eigenvalue weighted by Gasteiger charge is 2.40. The molecule has 0 atom stereocenters. The molecule has 4 rings (SSSR count). The largest absolute Gasteiger partial charge is 0.494 e. The first kappa shape index (κ1) is 22.7. The molecule has 7 nitrogen and oxygen atoms in total. The van der Waals surface area contributed by atoms with Gasteiger partial charge < -0.3 is 15.4 Å². The summed E-state index contributed by atoms with van der Waals surface area (Å²) in [5.41, 5.74) is 2.02. The van der Waals surface area contributed by atoms with E-state index in [9.17, 15) is 18.8 Å². The maximum absolute atomic E-state index is 13.5. The average molecular weight is 459 g/mol. The van der Waals surface area contributed by atoms with Gasteiger partial charge in [0.1, 0.15) is 17.3 Å². The van der Waals surface area contributed by atoms with Gasteiger partial charge in [-0.2, -0.15) is 0 Å². The summed E-state index contributed by atoms with van der Waals surface area (Å²) in [6, 6.07) is 18.8. The Bertz CT molecular complexity index is 1280. The van der Waals surface area contributed by atoms with Crippen LogP contribution in [0.2, 0.25) is 0 Å². The third kappa shape index (κ3) is 4.66. The summed E-state index contributed by atoms with van der Waals surface area (Å²) < 4.78 is 19.1. The van der Waals surface area contributed by atoms with Crippen LogP contribution in [0.4, 0.5) is 21.5 Å². The van der Waals surface area contributed by atoms with Crippen molar-refractivity contribution in [2.75, 3.05) is 22.1 Å². The number of rotatable bonds is 7. The van der Waals surface area contributed by atoms with Gasteiger partial charge >= 0.3 is 0 Å². The predicted octanol–water partition coefficient (Wildman–Crippen LogP) is 4.58. The molecule has 0 aliphatic carbocycles. The molecule has 1 heterocycles. The van der Waals surface area contributed by atoms with Crippen molar-refractivity contribution < 1.29 is 23.5 Å². The number of amides is 3. The number of ether oxygens (including phenoxy) is 1. The zero-order valence-corrected chi connectivity index (χ0v) is 18.6. The van der Waals surface area contributed by atoms with Crippen molar-refractivity contribution in [1.82, 2.24) is 0 Å². The van der Waals surface area contributed by atoms with E-state index in [0.717, 1.165) is 4.90 Å². The quantitative estimate of drug-likeness (QED) is 0.505. The zero-order chi connectivity index (χ0) is 24.2. The van der Waals surface area contributed by atoms with Crippen LogP contribution in [-0.2, 0) is 14.4 Å². The first-order chi connectivity index (χ1) is 16.4. The van der Waals surface area contributed by atoms with Crippen molar-refractivity contribution in [3.8, 4) is 5.75 Å². The summed E-state index contributed by atoms with van der Waals surface area (Å²) >= 11 is 0. The molecule has 2 N–H and O–H groups in total. The van der Waals surface area contributed by atoms with E-state index in [-0.39, 0.29) is 17.2 Å². The second-order valence-electron chi connectivity index (χ2n) is 7.52. The lowest BCUT2D eigenvalue weighted by Crippen LogP contribution is -2.32. The summed E-state index contributed by atoms with van der Waals surface area (Å²) in [4.78, 5) is 39.2. The van der Waals surface area contributed by atoms with Crippen LogP contribution >= 0.6 is 0 Å². The summed E-state index contributed by atoms with van der Waals surface area (Å²) in [5, 5.41) is 5.70. The Morgan fingerprint density at radius 1 is 0.941 bits per heavy atom. The lowest BCUT2D eigenvalue weighted by Gasteiger charge is -2.16. The molecule has 0 saturated heterocycles. The van der Waals surface area contributed by atoms with Gasteiger partial charge in [0.25, 0.3) is 11.8 Å². The maximum atomic E-state index is 13.5. The molecule has 0 fully saturated rings. The monoisotopic (exact) mass is 459 g/mol. The van der Waals surface area contributed by atoms with Crippen LogP contribution in [-0.4, -0.2) is 24.3 Å². The fourth-order valence-electron chi connectivity index (χ4n) is 3.64. The number of hydrogen-bond acceptors (Lipinski definition) is 5. The van der Waals surface area contributed by atoms with E-state index in [2.05, 4.69) is 10.6 Å². The van der Waals surface area contributed by atoms with Crippen molar-refractivity contribution in [2.24, 2.45) is 0 Å². The maximum Gasteiger partial charge on any atom is 0.282 e. The Morgan fingerprint density at radius 3 is 2.29 bits per heavy atom. The molecule has 3 aromatic rings. The predicted molar refractivity (Wildman–Crippen MR) is 128 cm³/mol. The van der Waals surface area contributed by atoms with E-state index in [1.54, 1.807) is 48.5 Å². The summed E-state index contributed by atoms with van der Waals surface area (Å²) in [6.07, 6.45) is 0. The van der Waals surface area contributed by atoms with Gasteiger partial charge in [-0.15, -0.1) is 0 Å². The number of carbonyl (C=O) groups excluding carboxylic acids is 3. The van der Waals surface area contributed by atoms with E-state index >= 15 is 0 Å². The lowest BCUT2D eigenvalue weighted by atomic mass is 10.0. The Labute approximate surface area is 195 Å². The molecular formula is C26H22FN3O4. The number of halogens is 1. The molecular weight excluding hydrogens is 437 g/mol. The van der Waals surface area contributed by atoms with Gasteiger partial charge in [-0.1, -0.05) is 18.2 Å². The molecule has 0 spiro atoms. The number of imide groups is 1. The highest BCUT2D eigenvalue weighted by molar-refractivity contribution is 6.46. The number of anilines is 3. The molecule has 3 amide bonds. The molecule has 3 aromatic carbocycles. The fourth-order valence-corrected chi connectivity index (χ4v) is 3.64. The normalized spacial score (nSPS) is 13.3. The van der Waals surface area contributed by atoms with Crippen molar-refractivity contribution in [3.05, 3.63) is 89.9 Å². The van der Waals surface area contributed by atoms with Crippen molar-refractivity contribution in [3.63, 3.8) is 0 Å². The number of hydrogen-bond donors (Lipinski definition) is 2. The topological polar surface area (TPSA) is 87.7 Å². The molecule has 0 unspecified atom stereocenters. The van der Waals surface area contributed by atoms with Crippen LogP contribution in [0.1, 0.15) is 19.4 Å². The molecule has 34 heavy (non-hydrogen) atoms. The van der Waals surface area contributed by atoms with E-state index in [4.69, 9.17) is 4.74 Å². The third-order valence-electron chi connectivity index (χ3n) is 5.08. The van der Waals surface area contributed by atoms with Crippen LogP contribution in [0.3, 0.4) is 0 Å². The van der Waals surface area contributed by atoms with Gasteiger partial charge in [0.15, 0.2) is 0 Å². The second kappa shape index (κ2) is 9.58. The highest BCUT2D eigenvalue weighted by Crippen LogP contribution is 2.34. The second-order valence-corrected chi connectivity index (χ2v) is 7.52. The molecule has 1 aliphatic rings. The number of nitrogens with zero attached hydrogens (tertiary/aromatic N) is 1.